The lowest BCUT2D eigenvalue weighted by molar-refractivity contribution is -0.167. The molecule has 0 spiro atoms. The van der Waals surface area contributed by atoms with E-state index in [1.165, 1.54) is 4.80 Å². The molecule has 1 aromatic heterocycles. The molecule has 2 N–H and O–H groups in total. The average molecular weight is 370 g/mol. The van der Waals surface area contributed by atoms with E-state index < -0.39 is 11.8 Å². The molecule has 1 aliphatic rings. The van der Waals surface area contributed by atoms with Crippen LogP contribution in [0.15, 0.2) is 47.6 Å². The third-order valence-electron chi connectivity index (χ3n) is 6.28. The highest BCUT2D eigenvalue weighted by Gasteiger charge is 2.48. The van der Waals surface area contributed by atoms with Gasteiger partial charge in [0.2, 0.25) is 5.79 Å². The van der Waals surface area contributed by atoms with Crippen molar-refractivity contribution < 1.29 is 10.2 Å². The average Bonchev–Trinajstić information content (AvgIpc) is 3.04. The van der Waals surface area contributed by atoms with Gasteiger partial charge in [0.05, 0.1) is 0 Å². The minimum atomic E-state index is -2.05. The first-order valence-electron chi connectivity index (χ1n) is 9.74. The second kappa shape index (κ2) is 6.57. The summed E-state index contributed by atoms with van der Waals surface area (Å²) in [5.74, 6) is -2.05. The molecule has 0 saturated heterocycles. The van der Waals surface area contributed by atoms with Gasteiger partial charge in [0.1, 0.15) is 17.1 Å². The number of rotatable bonds is 5. The predicted molar refractivity (Wildman–Crippen MR) is 108 cm³/mol. The van der Waals surface area contributed by atoms with Crippen LogP contribution in [0.2, 0.25) is 0 Å². The Balaban J connectivity index is 2.20. The van der Waals surface area contributed by atoms with E-state index >= 15 is 0 Å². The Labute approximate surface area is 161 Å². The van der Waals surface area contributed by atoms with Gasteiger partial charge in [-0.05, 0) is 53.0 Å². The van der Waals surface area contributed by atoms with Gasteiger partial charge in [0.25, 0.3) is 0 Å². The van der Waals surface area contributed by atoms with E-state index in [9.17, 15) is 10.2 Å². The van der Waals surface area contributed by atoms with Crippen LogP contribution in [-0.2, 0) is 0 Å². The maximum atomic E-state index is 11.2. The molecule has 0 saturated carbocycles. The van der Waals surface area contributed by atoms with Gasteiger partial charge in [-0.2, -0.15) is 15.0 Å². The fourth-order valence-corrected chi connectivity index (χ4v) is 3.49. The van der Waals surface area contributed by atoms with Crippen molar-refractivity contribution in [3.63, 3.8) is 0 Å². The molecule has 0 radical (unpaired) electrons. The van der Waals surface area contributed by atoms with Crippen molar-refractivity contribution in [2.24, 2.45) is 10.8 Å². The van der Waals surface area contributed by atoms with Crippen LogP contribution in [-0.4, -0.2) is 31.0 Å². The summed E-state index contributed by atoms with van der Waals surface area (Å²) in [6.45, 7) is 12.7. The molecule has 5 heteroatoms. The zero-order valence-corrected chi connectivity index (χ0v) is 17.2. The molecular formula is C22H31N3O2. The van der Waals surface area contributed by atoms with Crippen LogP contribution in [0.25, 0.3) is 11.0 Å². The van der Waals surface area contributed by atoms with E-state index in [1.54, 1.807) is 0 Å². The van der Waals surface area contributed by atoms with Crippen molar-refractivity contribution in [2.75, 3.05) is 0 Å². The smallest absolute Gasteiger partial charge is 0.215 e. The molecule has 146 valence electrons. The second-order valence-corrected chi connectivity index (χ2v) is 8.83. The van der Waals surface area contributed by atoms with Crippen LogP contribution in [0.3, 0.4) is 0 Å². The summed E-state index contributed by atoms with van der Waals surface area (Å²) in [6.07, 6.45) is 5.63. The number of benzene rings is 1. The summed E-state index contributed by atoms with van der Waals surface area (Å²) in [5.41, 5.74) is 2.73. The summed E-state index contributed by atoms with van der Waals surface area (Å²) in [4.78, 5) is 1.45. The first kappa shape index (κ1) is 19.8. The molecule has 1 atom stereocenters. The SMILES string of the molecule is CCC(C)(C)C1=CC(n2nc3ccccc3n2)C(O)(O)C(C(C)(C)CC)=C1. The number of aliphatic hydroxyl groups is 2. The van der Waals surface area contributed by atoms with Gasteiger partial charge < -0.3 is 10.2 Å². The molecule has 1 heterocycles. The number of allylic oxidation sites excluding steroid dienone is 2. The van der Waals surface area contributed by atoms with E-state index in [4.69, 9.17) is 0 Å². The Morgan fingerprint density at radius 3 is 1.96 bits per heavy atom. The Kier molecular flexibility index (Phi) is 4.81. The standard InChI is InChI=1S/C22H31N3O2/c1-7-20(3,4)15-13-18(21(5,6)8-2)22(26,27)19(14-15)25-23-16-11-9-10-12-17(16)24-25/h9-14,19,26-27H,7-8H2,1-6H3. The molecule has 1 aromatic carbocycles. The summed E-state index contributed by atoms with van der Waals surface area (Å²) in [6, 6.07) is 6.79. The topological polar surface area (TPSA) is 71.2 Å². The Bertz CT molecular complexity index is 870. The number of nitrogens with zero attached hydrogens (tertiary/aromatic N) is 3. The van der Waals surface area contributed by atoms with E-state index in [2.05, 4.69) is 37.9 Å². The zero-order chi connectivity index (χ0) is 20.0. The third kappa shape index (κ3) is 3.34. The largest absolute Gasteiger partial charge is 0.360 e. The first-order valence-corrected chi connectivity index (χ1v) is 9.74. The molecule has 1 aliphatic carbocycles. The van der Waals surface area contributed by atoms with Crippen molar-refractivity contribution in [1.82, 2.24) is 15.0 Å². The summed E-state index contributed by atoms with van der Waals surface area (Å²) in [7, 11) is 0. The molecule has 0 bridgehead atoms. The summed E-state index contributed by atoms with van der Waals surface area (Å²) < 4.78 is 0. The quantitative estimate of drug-likeness (QED) is 0.767. The van der Waals surface area contributed by atoms with Gasteiger partial charge in [0.15, 0.2) is 0 Å². The molecule has 0 amide bonds. The molecule has 1 unspecified atom stereocenters. The van der Waals surface area contributed by atoms with Gasteiger partial charge in [-0.15, -0.1) is 0 Å². The van der Waals surface area contributed by atoms with Crippen LogP contribution < -0.4 is 0 Å². The lowest BCUT2D eigenvalue weighted by Gasteiger charge is -2.43. The molecule has 5 nitrogen and oxygen atoms in total. The van der Waals surface area contributed by atoms with Gasteiger partial charge in [-0.1, -0.05) is 59.8 Å². The predicted octanol–water partition coefficient (Wildman–Crippen LogP) is 4.39. The first-order chi connectivity index (χ1) is 12.5. The van der Waals surface area contributed by atoms with Crippen LogP contribution in [0.5, 0.6) is 0 Å². The van der Waals surface area contributed by atoms with Crippen LogP contribution in [0.4, 0.5) is 0 Å². The van der Waals surface area contributed by atoms with Crippen molar-refractivity contribution in [1.29, 1.82) is 0 Å². The van der Waals surface area contributed by atoms with Crippen LogP contribution >= 0.6 is 0 Å². The van der Waals surface area contributed by atoms with Gasteiger partial charge in [-0.3, -0.25) is 0 Å². The van der Waals surface area contributed by atoms with Crippen LogP contribution in [0.1, 0.15) is 60.4 Å². The highest BCUT2D eigenvalue weighted by Crippen LogP contribution is 2.48. The maximum Gasteiger partial charge on any atom is 0.215 e. The zero-order valence-electron chi connectivity index (χ0n) is 17.2. The molecule has 2 aromatic rings. The lowest BCUT2D eigenvalue weighted by Crippen LogP contribution is -2.47. The minimum Gasteiger partial charge on any atom is -0.360 e. The number of fused-ring (bicyclic) bond motifs is 1. The molecule has 27 heavy (non-hydrogen) atoms. The normalized spacial score (nSPS) is 20.5. The monoisotopic (exact) mass is 369 g/mol. The molecule has 3 rings (SSSR count). The van der Waals surface area contributed by atoms with Gasteiger partial charge in [-0.25, -0.2) is 0 Å². The second-order valence-electron chi connectivity index (χ2n) is 8.83. The van der Waals surface area contributed by atoms with E-state index in [-0.39, 0.29) is 10.8 Å². The highest BCUT2D eigenvalue weighted by molar-refractivity contribution is 5.73. The molecular weight excluding hydrogens is 338 g/mol. The number of aromatic nitrogens is 3. The fraction of sp³-hybridized carbons (Fsp3) is 0.545. The summed E-state index contributed by atoms with van der Waals surface area (Å²) >= 11 is 0. The van der Waals surface area contributed by atoms with Gasteiger partial charge >= 0.3 is 0 Å². The van der Waals surface area contributed by atoms with E-state index in [0.29, 0.717) is 5.57 Å². The number of hydrogen-bond acceptors (Lipinski definition) is 4. The van der Waals surface area contributed by atoms with Crippen molar-refractivity contribution in [3.05, 3.63) is 47.6 Å². The lowest BCUT2D eigenvalue weighted by atomic mass is 9.68. The molecule has 0 fully saturated rings. The molecule has 0 aliphatic heterocycles. The third-order valence-corrected chi connectivity index (χ3v) is 6.28. The van der Waals surface area contributed by atoms with Crippen molar-refractivity contribution in [2.45, 2.75) is 66.2 Å². The maximum absolute atomic E-state index is 11.2. The fourth-order valence-electron chi connectivity index (χ4n) is 3.49. The highest BCUT2D eigenvalue weighted by atomic mass is 16.5. The minimum absolute atomic E-state index is 0.0869. The van der Waals surface area contributed by atoms with Crippen LogP contribution in [0, 0.1) is 10.8 Å². The number of hydrogen-bond donors (Lipinski definition) is 2. The van der Waals surface area contributed by atoms with E-state index in [0.717, 1.165) is 29.4 Å². The Hall–Kier alpha value is -1.98. The Morgan fingerprint density at radius 1 is 0.963 bits per heavy atom. The van der Waals surface area contributed by atoms with E-state index in [1.807, 2.05) is 50.3 Å². The van der Waals surface area contributed by atoms with Gasteiger partial charge in [0, 0.05) is 0 Å². The van der Waals surface area contributed by atoms with Crippen molar-refractivity contribution in [3.8, 4) is 0 Å². The Morgan fingerprint density at radius 2 is 1.48 bits per heavy atom. The summed E-state index contributed by atoms with van der Waals surface area (Å²) in [5, 5.41) is 31.5. The van der Waals surface area contributed by atoms with Crippen molar-refractivity contribution >= 4 is 11.0 Å².